The number of rotatable bonds is 7. The van der Waals surface area contributed by atoms with E-state index in [1.807, 2.05) is 13.0 Å². The Hall–Kier alpha value is -0.890. The molecule has 0 spiro atoms. The molecule has 0 aliphatic carbocycles. The molecule has 0 fully saturated rings. The van der Waals surface area contributed by atoms with Crippen LogP contribution in [0.3, 0.4) is 0 Å². The van der Waals surface area contributed by atoms with Gasteiger partial charge in [0, 0.05) is 6.04 Å². The molecule has 0 bridgehead atoms. The molecule has 2 heteroatoms. The highest BCUT2D eigenvalue weighted by Gasteiger charge is 2.13. The van der Waals surface area contributed by atoms with Gasteiger partial charge in [-0.25, -0.2) is 4.39 Å². The van der Waals surface area contributed by atoms with E-state index < -0.39 is 0 Å². The van der Waals surface area contributed by atoms with Crippen LogP contribution in [0, 0.1) is 24.6 Å². The SMILES string of the molecule is Cc1cc(F)ccc1CC(CNC(C)C)CC(C)C. The van der Waals surface area contributed by atoms with Gasteiger partial charge < -0.3 is 5.32 Å². The van der Waals surface area contributed by atoms with Crippen LogP contribution in [0.25, 0.3) is 0 Å². The standard InChI is InChI=1S/C17H28FN/c1-12(2)8-15(11-19-13(3)4)10-16-6-7-17(18)9-14(16)5/h6-7,9,12-13,15,19H,8,10-11H2,1-5H3. The Bertz CT molecular complexity index is 385. The van der Waals surface area contributed by atoms with Gasteiger partial charge in [0.1, 0.15) is 5.82 Å². The summed E-state index contributed by atoms with van der Waals surface area (Å²) in [6.45, 7) is 11.9. The first-order chi connectivity index (χ1) is 8.88. The number of benzene rings is 1. The molecule has 108 valence electrons. The maximum atomic E-state index is 13.1. The van der Waals surface area contributed by atoms with Gasteiger partial charge in [-0.2, -0.15) is 0 Å². The van der Waals surface area contributed by atoms with Crippen molar-refractivity contribution in [3.05, 3.63) is 35.1 Å². The molecule has 1 aromatic carbocycles. The van der Waals surface area contributed by atoms with Crippen LogP contribution in [0.4, 0.5) is 4.39 Å². The molecule has 1 unspecified atom stereocenters. The molecule has 1 atom stereocenters. The van der Waals surface area contributed by atoms with Gasteiger partial charge in [-0.1, -0.05) is 33.8 Å². The minimum atomic E-state index is -0.137. The van der Waals surface area contributed by atoms with Crippen LogP contribution in [0.2, 0.25) is 0 Å². The van der Waals surface area contributed by atoms with Crippen molar-refractivity contribution in [2.45, 2.75) is 53.5 Å². The number of hydrogen-bond donors (Lipinski definition) is 1. The van der Waals surface area contributed by atoms with E-state index in [-0.39, 0.29) is 5.82 Å². The van der Waals surface area contributed by atoms with Crippen molar-refractivity contribution < 1.29 is 4.39 Å². The quantitative estimate of drug-likeness (QED) is 0.773. The van der Waals surface area contributed by atoms with Crippen molar-refractivity contribution in [1.29, 1.82) is 0 Å². The fourth-order valence-electron chi connectivity index (χ4n) is 2.51. The molecule has 0 aliphatic heterocycles. The van der Waals surface area contributed by atoms with E-state index in [1.165, 1.54) is 12.0 Å². The van der Waals surface area contributed by atoms with Gasteiger partial charge in [-0.05, 0) is 61.4 Å². The highest BCUT2D eigenvalue weighted by molar-refractivity contribution is 5.27. The van der Waals surface area contributed by atoms with E-state index in [0.29, 0.717) is 17.9 Å². The zero-order chi connectivity index (χ0) is 14.4. The van der Waals surface area contributed by atoms with Crippen molar-refractivity contribution in [2.24, 2.45) is 11.8 Å². The first kappa shape index (κ1) is 16.2. The summed E-state index contributed by atoms with van der Waals surface area (Å²) in [5, 5.41) is 3.53. The van der Waals surface area contributed by atoms with Gasteiger partial charge in [0.05, 0.1) is 0 Å². The lowest BCUT2D eigenvalue weighted by molar-refractivity contribution is 0.372. The third kappa shape index (κ3) is 6.20. The largest absolute Gasteiger partial charge is 0.314 e. The van der Waals surface area contributed by atoms with Crippen LogP contribution in [-0.4, -0.2) is 12.6 Å². The summed E-state index contributed by atoms with van der Waals surface area (Å²) in [7, 11) is 0. The maximum absolute atomic E-state index is 13.1. The van der Waals surface area contributed by atoms with Gasteiger partial charge in [0.25, 0.3) is 0 Å². The van der Waals surface area contributed by atoms with E-state index in [4.69, 9.17) is 0 Å². The lowest BCUT2D eigenvalue weighted by Gasteiger charge is -2.22. The summed E-state index contributed by atoms with van der Waals surface area (Å²) in [6, 6.07) is 5.67. The third-order valence-corrected chi connectivity index (χ3v) is 3.43. The van der Waals surface area contributed by atoms with Gasteiger partial charge in [-0.15, -0.1) is 0 Å². The first-order valence-electron chi connectivity index (χ1n) is 7.37. The summed E-state index contributed by atoms with van der Waals surface area (Å²) < 4.78 is 13.1. The van der Waals surface area contributed by atoms with E-state index >= 15 is 0 Å². The summed E-state index contributed by atoms with van der Waals surface area (Å²) in [5.41, 5.74) is 2.34. The predicted molar refractivity (Wildman–Crippen MR) is 80.9 cm³/mol. The second-order valence-corrected chi connectivity index (χ2v) is 6.33. The predicted octanol–water partition coefficient (Wildman–Crippen LogP) is 4.34. The van der Waals surface area contributed by atoms with Gasteiger partial charge >= 0.3 is 0 Å². The number of nitrogens with one attached hydrogen (secondary N) is 1. The minimum Gasteiger partial charge on any atom is -0.314 e. The van der Waals surface area contributed by atoms with Gasteiger partial charge in [0.2, 0.25) is 0 Å². The fourth-order valence-corrected chi connectivity index (χ4v) is 2.51. The van der Waals surface area contributed by atoms with E-state index in [1.54, 1.807) is 12.1 Å². The van der Waals surface area contributed by atoms with Crippen LogP contribution < -0.4 is 5.32 Å². The molecule has 0 saturated carbocycles. The smallest absolute Gasteiger partial charge is 0.123 e. The Labute approximate surface area is 117 Å². The molecule has 0 saturated heterocycles. The molecular formula is C17H28FN. The van der Waals surface area contributed by atoms with E-state index in [9.17, 15) is 4.39 Å². The van der Waals surface area contributed by atoms with Crippen molar-refractivity contribution in [1.82, 2.24) is 5.32 Å². The second kappa shape index (κ2) is 7.64. The van der Waals surface area contributed by atoms with Gasteiger partial charge in [0.15, 0.2) is 0 Å². The van der Waals surface area contributed by atoms with Crippen molar-refractivity contribution in [2.75, 3.05) is 6.54 Å². The molecule has 1 nitrogen and oxygen atoms in total. The summed E-state index contributed by atoms with van der Waals surface area (Å²) >= 11 is 0. The van der Waals surface area contributed by atoms with Crippen LogP contribution >= 0.6 is 0 Å². The first-order valence-corrected chi connectivity index (χ1v) is 7.37. The second-order valence-electron chi connectivity index (χ2n) is 6.33. The molecule has 19 heavy (non-hydrogen) atoms. The molecule has 0 amide bonds. The highest BCUT2D eigenvalue weighted by Crippen LogP contribution is 2.20. The molecule has 0 aromatic heterocycles. The lowest BCUT2D eigenvalue weighted by atomic mass is 9.89. The Morgan fingerprint density at radius 2 is 1.84 bits per heavy atom. The zero-order valence-electron chi connectivity index (χ0n) is 13.0. The Balaban J connectivity index is 2.69. The Morgan fingerprint density at radius 3 is 2.37 bits per heavy atom. The van der Waals surface area contributed by atoms with Crippen molar-refractivity contribution in [3.63, 3.8) is 0 Å². The Kier molecular flexibility index (Phi) is 6.50. The zero-order valence-corrected chi connectivity index (χ0v) is 13.0. The Morgan fingerprint density at radius 1 is 1.16 bits per heavy atom. The number of hydrogen-bond acceptors (Lipinski definition) is 1. The molecule has 1 rings (SSSR count). The van der Waals surface area contributed by atoms with Crippen LogP contribution in [0.15, 0.2) is 18.2 Å². The monoisotopic (exact) mass is 265 g/mol. The van der Waals surface area contributed by atoms with Crippen molar-refractivity contribution in [3.8, 4) is 0 Å². The number of aryl methyl sites for hydroxylation is 1. The average Bonchev–Trinajstić information content (AvgIpc) is 2.28. The summed E-state index contributed by atoms with van der Waals surface area (Å²) in [4.78, 5) is 0. The minimum absolute atomic E-state index is 0.137. The van der Waals surface area contributed by atoms with Crippen LogP contribution in [-0.2, 0) is 6.42 Å². The van der Waals surface area contributed by atoms with E-state index in [2.05, 4.69) is 33.0 Å². The molecule has 0 heterocycles. The van der Waals surface area contributed by atoms with Crippen LogP contribution in [0.1, 0.15) is 45.2 Å². The molecule has 0 aliphatic rings. The fraction of sp³-hybridized carbons (Fsp3) is 0.647. The van der Waals surface area contributed by atoms with E-state index in [0.717, 1.165) is 18.5 Å². The van der Waals surface area contributed by atoms with Crippen LogP contribution in [0.5, 0.6) is 0 Å². The maximum Gasteiger partial charge on any atom is 0.123 e. The highest BCUT2D eigenvalue weighted by atomic mass is 19.1. The molecule has 0 radical (unpaired) electrons. The average molecular weight is 265 g/mol. The van der Waals surface area contributed by atoms with Crippen molar-refractivity contribution >= 4 is 0 Å². The molecule has 1 aromatic rings. The van der Waals surface area contributed by atoms with Gasteiger partial charge in [-0.3, -0.25) is 0 Å². The molecule has 1 N–H and O–H groups in total. The lowest BCUT2D eigenvalue weighted by Crippen LogP contribution is -2.30. The summed E-state index contributed by atoms with van der Waals surface area (Å²) in [5.74, 6) is 1.17. The molecular weight excluding hydrogens is 237 g/mol. The topological polar surface area (TPSA) is 12.0 Å². The normalized spacial score (nSPS) is 13.3. The summed E-state index contributed by atoms with van der Waals surface area (Å²) in [6.07, 6.45) is 2.24. The number of halogens is 1. The third-order valence-electron chi connectivity index (χ3n) is 3.43.